The van der Waals surface area contributed by atoms with E-state index in [1.165, 1.54) is 27.6 Å². The monoisotopic (exact) mass is 472 g/mol. The minimum absolute atomic E-state index is 0.264. The summed E-state index contributed by atoms with van der Waals surface area (Å²) in [5.74, 6) is 1.23. The van der Waals surface area contributed by atoms with Gasteiger partial charge in [-0.2, -0.15) is 0 Å². The average molecular weight is 473 g/mol. The number of carbonyl (C=O) groups is 1. The number of methoxy groups -OCH3 is 3. The Morgan fingerprint density at radius 3 is 2.47 bits per heavy atom. The highest BCUT2D eigenvalue weighted by Crippen LogP contribution is 2.37. The van der Waals surface area contributed by atoms with Crippen molar-refractivity contribution >= 4 is 12.0 Å². The lowest BCUT2D eigenvalue weighted by Gasteiger charge is -2.36. The normalized spacial score (nSPS) is 18.6. The van der Waals surface area contributed by atoms with E-state index in [1.54, 1.807) is 19.1 Å². The first-order valence-corrected chi connectivity index (χ1v) is 11.0. The van der Waals surface area contributed by atoms with E-state index in [0.29, 0.717) is 29.4 Å². The summed E-state index contributed by atoms with van der Waals surface area (Å²) in [7, 11) is 4.31. The molecular formula is C27H36O7. The predicted molar refractivity (Wildman–Crippen MR) is 132 cm³/mol. The molecule has 1 aliphatic rings. The third-order valence-corrected chi connectivity index (χ3v) is 5.51. The predicted octanol–water partition coefficient (Wildman–Crippen LogP) is 5.22. The highest BCUT2D eigenvalue weighted by Gasteiger charge is 2.39. The van der Waals surface area contributed by atoms with Crippen molar-refractivity contribution in [3.05, 3.63) is 65.7 Å². The molecule has 1 aromatic carbocycles. The zero-order valence-electron chi connectivity index (χ0n) is 21.4. The summed E-state index contributed by atoms with van der Waals surface area (Å²) in [4.78, 5) is 12.1. The Balaban J connectivity index is 2.33. The number of esters is 1. The number of ether oxygens (including phenoxy) is 6. The van der Waals surface area contributed by atoms with Gasteiger partial charge in [0.15, 0.2) is 11.5 Å². The van der Waals surface area contributed by atoms with Crippen LogP contribution in [-0.4, -0.2) is 51.2 Å². The molecule has 0 saturated carbocycles. The van der Waals surface area contributed by atoms with Crippen molar-refractivity contribution in [2.75, 3.05) is 27.9 Å². The number of hydrogen-bond donors (Lipinski definition) is 0. The van der Waals surface area contributed by atoms with Crippen LogP contribution in [0.5, 0.6) is 11.5 Å². The molecule has 186 valence electrons. The summed E-state index contributed by atoms with van der Waals surface area (Å²) >= 11 is 0. The van der Waals surface area contributed by atoms with Crippen molar-refractivity contribution in [1.82, 2.24) is 0 Å². The fourth-order valence-corrected chi connectivity index (χ4v) is 3.30. The first-order chi connectivity index (χ1) is 16.0. The highest BCUT2D eigenvalue weighted by atomic mass is 16.6. The minimum atomic E-state index is -0.636. The van der Waals surface area contributed by atoms with Gasteiger partial charge in [-0.25, -0.2) is 4.79 Å². The molecule has 1 aliphatic heterocycles. The third kappa shape index (κ3) is 6.67. The van der Waals surface area contributed by atoms with Crippen LogP contribution < -0.4 is 9.47 Å². The molecule has 0 aromatic heterocycles. The van der Waals surface area contributed by atoms with E-state index < -0.39 is 17.2 Å². The molecule has 0 saturated heterocycles. The lowest BCUT2D eigenvalue weighted by Crippen LogP contribution is -2.49. The molecule has 0 aliphatic carbocycles. The summed E-state index contributed by atoms with van der Waals surface area (Å²) in [6, 6.07) is 5.67. The molecule has 2 rings (SSSR count). The van der Waals surface area contributed by atoms with Gasteiger partial charge in [-0.1, -0.05) is 18.2 Å². The van der Waals surface area contributed by atoms with Crippen LogP contribution in [0.3, 0.4) is 0 Å². The number of hydrogen-bond acceptors (Lipinski definition) is 7. The Morgan fingerprint density at radius 1 is 1.18 bits per heavy atom. The van der Waals surface area contributed by atoms with Crippen LogP contribution in [0, 0.1) is 0 Å². The zero-order chi connectivity index (χ0) is 25.5. The maximum atomic E-state index is 12.1. The zero-order valence-corrected chi connectivity index (χ0v) is 21.4. The van der Waals surface area contributed by atoms with Gasteiger partial charge in [0, 0.05) is 5.57 Å². The Morgan fingerprint density at radius 2 is 1.88 bits per heavy atom. The summed E-state index contributed by atoms with van der Waals surface area (Å²) in [5.41, 5.74) is 0.553. The quantitative estimate of drug-likeness (QED) is 0.160. The van der Waals surface area contributed by atoms with E-state index >= 15 is 0 Å². The topological polar surface area (TPSA) is 72.5 Å². The summed E-state index contributed by atoms with van der Waals surface area (Å²) in [5, 5.41) is 0. The molecular weight excluding hydrogens is 436 g/mol. The van der Waals surface area contributed by atoms with Gasteiger partial charge in [-0.05, 0) is 58.4 Å². The molecule has 0 N–H and O–H groups in total. The third-order valence-electron chi connectivity index (χ3n) is 5.51. The fourth-order valence-electron chi connectivity index (χ4n) is 3.30. The molecule has 1 atom stereocenters. The van der Waals surface area contributed by atoms with Gasteiger partial charge in [0.2, 0.25) is 0 Å². The molecule has 7 nitrogen and oxygen atoms in total. The molecule has 7 heteroatoms. The molecule has 34 heavy (non-hydrogen) atoms. The van der Waals surface area contributed by atoms with E-state index in [9.17, 15) is 4.79 Å². The lowest BCUT2D eigenvalue weighted by molar-refractivity contribution is -0.136. The van der Waals surface area contributed by atoms with Crippen LogP contribution in [0.15, 0.2) is 60.1 Å². The van der Waals surface area contributed by atoms with Gasteiger partial charge >= 0.3 is 5.97 Å². The largest absolute Gasteiger partial charge is 0.503 e. The summed E-state index contributed by atoms with van der Waals surface area (Å²) < 4.78 is 33.9. The van der Waals surface area contributed by atoms with Crippen molar-refractivity contribution < 1.29 is 33.2 Å². The van der Waals surface area contributed by atoms with Crippen molar-refractivity contribution in [3.8, 4) is 11.5 Å². The molecule has 0 spiro atoms. The van der Waals surface area contributed by atoms with Crippen LogP contribution >= 0.6 is 0 Å². The van der Waals surface area contributed by atoms with Gasteiger partial charge < -0.3 is 28.4 Å². The van der Waals surface area contributed by atoms with Crippen LogP contribution in [0.25, 0.3) is 6.08 Å². The van der Waals surface area contributed by atoms with Gasteiger partial charge in [0.05, 0.1) is 33.2 Å². The van der Waals surface area contributed by atoms with E-state index in [-0.39, 0.29) is 11.7 Å². The maximum Gasteiger partial charge on any atom is 0.341 e. The second-order valence-corrected chi connectivity index (χ2v) is 8.92. The molecule has 0 amide bonds. The molecule has 1 aromatic rings. The van der Waals surface area contributed by atoms with E-state index in [2.05, 4.69) is 6.58 Å². The second-order valence-electron chi connectivity index (χ2n) is 8.92. The minimum Gasteiger partial charge on any atom is -0.503 e. The summed E-state index contributed by atoms with van der Waals surface area (Å²) in [6.45, 7) is 13.8. The first kappa shape index (κ1) is 27.1. The Bertz CT molecular complexity index is 983. The maximum absolute atomic E-state index is 12.1. The summed E-state index contributed by atoms with van der Waals surface area (Å²) in [6.07, 6.45) is 6.42. The molecule has 0 fully saturated rings. The lowest BCUT2D eigenvalue weighted by atomic mass is 10.00. The van der Waals surface area contributed by atoms with E-state index in [4.69, 9.17) is 28.4 Å². The van der Waals surface area contributed by atoms with Crippen molar-refractivity contribution in [2.24, 2.45) is 0 Å². The molecule has 0 bridgehead atoms. The van der Waals surface area contributed by atoms with Gasteiger partial charge in [-0.3, -0.25) is 0 Å². The van der Waals surface area contributed by atoms with Crippen LogP contribution in [0.2, 0.25) is 0 Å². The highest BCUT2D eigenvalue weighted by molar-refractivity contribution is 5.93. The van der Waals surface area contributed by atoms with Gasteiger partial charge in [0.1, 0.15) is 29.6 Å². The number of benzene rings is 1. The molecule has 0 unspecified atom stereocenters. The van der Waals surface area contributed by atoms with Crippen LogP contribution in [0.4, 0.5) is 0 Å². The van der Waals surface area contributed by atoms with E-state index in [1.807, 2.05) is 52.0 Å². The SMILES string of the molecule is C=CC(C)(C)O[C@H]1COc2ccc(/C=C/C(OC)=C(C)\C(=C/OC)C(=O)OC)cc2OC1(C)C. The number of fused-ring (bicyclic) bond motifs is 1. The average Bonchev–Trinajstić information content (AvgIpc) is 2.91. The Labute approximate surface area is 202 Å². The standard InChI is InChI=1S/C27H36O7/c1-10-26(3,4)34-24-17-32-22-14-12-19(15-23(22)33-27(24,5)6)11-13-21(30-8)18(2)20(16-29-7)25(28)31-9/h10-16,24H,1,17H2,2-9H3/b13-11+,20-16+,21-18+/t24-/m0/s1. The van der Waals surface area contributed by atoms with Crippen molar-refractivity contribution in [2.45, 2.75) is 51.9 Å². The number of carbonyl (C=O) groups excluding carboxylic acids is 1. The number of allylic oxidation sites excluding steroid dienone is 1. The smallest absolute Gasteiger partial charge is 0.341 e. The van der Waals surface area contributed by atoms with Crippen LogP contribution in [-0.2, 0) is 23.7 Å². The Hall–Kier alpha value is -3.19. The molecule has 0 radical (unpaired) electrons. The molecule has 1 heterocycles. The van der Waals surface area contributed by atoms with Gasteiger partial charge in [-0.15, -0.1) is 6.58 Å². The van der Waals surface area contributed by atoms with E-state index in [0.717, 1.165) is 5.56 Å². The van der Waals surface area contributed by atoms with Crippen molar-refractivity contribution in [1.29, 1.82) is 0 Å². The van der Waals surface area contributed by atoms with Crippen molar-refractivity contribution in [3.63, 3.8) is 0 Å². The van der Waals surface area contributed by atoms with Crippen LogP contribution in [0.1, 0.15) is 40.2 Å². The number of rotatable bonds is 9. The second kappa shape index (κ2) is 11.3. The fraction of sp³-hybridized carbons (Fsp3) is 0.444. The van der Waals surface area contributed by atoms with Gasteiger partial charge in [0.25, 0.3) is 0 Å². The first-order valence-electron chi connectivity index (χ1n) is 11.0. The Kier molecular flexibility index (Phi) is 8.99.